The van der Waals surface area contributed by atoms with Gasteiger partial charge in [0.25, 0.3) is 0 Å². The average molecular weight is 226 g/mol. The normalized spacial score (nSPS) is 17.6. The molecule has 2 aromatic rings. The highest BCUT2D eigenvalue weighted by Gasteiger charge is 2.24. The van der Waals surface area contributed by atoms with Crippen LogP contribution in [-0.2, 0) is 6.42 Å². The van der Waals surface area contributed by atoms with Crippen molar-refractivity contribution >= 4 is 0 Å². The van der Waals surface area contributed by atoms with Gasteiger partial charge in [-0.2, -0.15) is 0 Å². The Bertz CT molecular complexity index is 525. The van der Waals surface area contributed by atoms with Gasteiger partial charge in [-0.1, -0.05) is 24.3 Å². The number of fused-ring (bicyclic) bond motifs is 1. The molecule has 0 aliphatic carbocycles. The van der Waals surface area contributed by atoms with E-state index in [9.17, 15) is 0 Å². The van der Waals surface area contributed by atoms with Gasteiger partial charge in [0.15, 0.2) is 0 Å². The molecule has 2 N–H and O–H groups in total. The van der Waals surface area contributed by atoms with E-state index in [2.05, 4.69) is 23.2 Å². The highest BCUT2D eigenvalue weighted by molar-refractivity contribution is 5.72. The van der Waals surface area contributed by atoms with Gasteiger partial charge in [0.2, 0.25) is 0 Å². The summed E-state index contributed by atoms with van der Waals surface area (Å²) in [5.74, 6) is 0.968. The SMILES string of the molecule is NC[C@H]1Cc2cccc(-c3cccnc3)c2O1. The number of pyridine rings is 1. The number of nitrogens with zero attached hydrogens (tertiary/aromatic N) is 1. The Morgan fingerprint density at radius 2 is 2.24 bits per heavy atom. The molecule has 1 aromatic heterocycles. The number of hydrogen-bond donors (Lipinski definition) is 1. The third kappa shape index (κ3) is 1.78. The fourth-order valence-corrected chi connectivity index (χ4v) is 2.22. The number of para-hydroxylation sites is 1. The monoisotopic (exact) mass is 226 g/mol. The lowest BCUT2D eigenvalue weighted by atomic mass is 10.0. The Labute approximate surface area is 100 Å². The number of hydrogen-bond acceptors (Lipinski definition) is 3. The van der Waals surface area contributed by atoms with Gasteiger partial charge in [0, 0.05) is 36.5 Å². The van der Waals surface area contributed by atoms with Crippen molar-refractivity contribution in [1.82, 2.24) is 4.98 Å². The molecular weight excluding hydrogens is 212 g/mol. The number of nitrogens with two attached hydrogens (primary N) is 1. The smallest absolute Gasteiger partial charge is 0.131 e. The molecule has 0 saturated heterocycles. The van der Waals surface area contributed by atoms with E-state index in [1.54, 1.807) is 6.20 Å². The van der Waals surface area contributed by atoms with Gasteiger partial charge in [0.1, 0.15) is 11.9 Å². The minimum absolute atomic E-state index is 0.114. The predicted octanol–water partition coefficient (Wildman–Crippen LogP) is 2.01. The average Bonchev–Trinajstić information content (AvgIpc) is 2.82. The van der Waals surface area contributed by atoms with Crippen molar-refractivity contribution in [3.8, 4) is 16.9 Å². The van der Waals surface area contributed by atoms with Crippen LogP contribution < -0.4 is 10.5 Å². The lowest BCUT2D eigenvalue weighted by molar-refractivity contribution is 0.242. The minimum atomic E-state index is 0.114. The summed E-state index contributed by atoms with van der Waals surface area (Å²) in [7, 11) is 0. The summed E-state index contributed by atoms with van der Waals surface area (Å²) >= 11 is 0. The van der Waals surface area contributed by atoms with Gasteiger partial charge in [-0.25, -0.2) is 0 Å². The number of benzene rings is 1. The highest BCUT2D eigenvalue weighted by Crippen LogP contribution is 2.38. The molecule has 1 aliphatic heterocycles. The Morgan fingerprint density at radius 1 is 1.29 bits per heavy atom. The first-order chi connectivity index (χ1) is 8.38. The summed E-state index contributed by atoms with van der Waals surface area (Å²) in [6, 6.07) is 10.2. The van der Waals surface area contributed by atoms with Gasteiger partial charge >= 0.3 is 0 Å². The second-order valence-electron chi connectivity index (χ2n) is 4.22. The van der Waals surface area contributed by atoms with E-state index in [4.69, 9.17) is 10.5 Å². The first-order valence-electron chi connectivity index (χ1n) is 5.77. The molecule has 2 heterocycles. The zero-order valence-electron chi connectivity index (χ0n) is 9.47. The third-order valence-electron chi connectivity index (χ3n) is 3.06. The quantitative estimate of drug-likeness (QED) is 0.852. The van der Waals surface area contributed by atoms with Gasteiger partial charge in [0.05, 0.1) is 0 Å². The molecule has 1 atom stereocenters. The van der Waals surface area contributed by atoms with E-state index in [0.29, 0.717) is 6.54 Å². The maximum absolute atomic E-state index is 5.89. The molecule has 1 aromatic carbocycles. The molecule has 86 valence electrons. The summed E-state index contributed by atoms with van der Waals surface area (Å²) in [4.78, 5) is 4.15. The Kier molecular flexibility index (Phi) is 2.53. The van der Waals surface area contributed by atoms with Gasteiger partial charge in [-0.3, -0.25) is 4.98 Å². The highest BCUT2D eigenvalue weighted by atomic mass is 16.5. The third-order valence-corrected chi connectivity index (χ3v) is 3.06. The van der Waals surface area contributed by atoms with Crippen LogP contribution in [-0.4, -0.2) is 17.6 Å². The molecule has 3 nitrogen and oxygen atoms in total. The van der Waals surface area contributed by atoms with Crippen molar-refractivity contribution in [3.05, 3.63) is 48.3 Å². The molecule has 0 radical (unpaired) electrons. The van der Waals surface area contributed by atoms with Crippen molar-refractivity contribution < 1.29 is 4.74 Å². The van der Waals surface area contributed by atoms with Gasteiger partial charge in [-0.05, 0) is 11.6 Å². The number of rotatable bonds is 2. The fourth-order valence-electron chi connectivity index (χ4n) is 2.22. The van der Waals surface area contributed by atoms with Gasteiger partial charge in [-0.15, -0.1) is 0 Å². The molecule has 0 unspecified atom stereocenters. The number of ether oxygens (including phenoxy) is 1. The summed E-state index contributed by atoms with van der Waals surface area (Å²) in [5, 5.41) is 0. The van der Waals surface area contributed by atoms with Crippen molar-refractivity contribution in [2.24, 2.45) is 5.73 Å². The lowest BCUT2D eigenvalue weighted by Crippen LogP contribution is -2.24. The summed E-state index contributed by atoms with van der Waals surface area (Å²) in [6.45, 7) is 0.557. The fraction of sp³-hybridized carbons (Fsp3) is 0.214. The van der Waals surface area contributed by atoms with Crippen LogP contribution in [0.2, 0.25) is 0 Å². The van der Waals surface area contributed by atoms with Crippen molar-refractivity contribution in [3.63, 3.8) is 0 Å². The largest absolute Gasteiger partial charge is 0.488 e. The van der Waals surface area contributed by atoms with E-state index >= 15 is 0 Å². The van der Waals surface area contributed by atoms with E-state index in [1.165, 1.54) is 5.56 Å². The first-order valence-corrected chi connectivity index (χ1v) is 5.77. The van der Waals surface area contributed by atoms with Crippen LogP contribution in [0.4, 0.5) is 0 Å². The van der Waals surface area contributed by atoms with Crippen molar-refractivity contribution in [1.29, 1.82) is 0 Å². The topological polar surface area (TPSA) is 48.1 Å². The molecular formula is C14H14N2O. The van der Waals surface area contributed by atoms with E-state index in [-0.39, 0.29) is 6.10 Å². The van der Waals surface area contributed by atoms with Crippen LogP contribution in [0.25, 0.3) is 11.1 Å². The molecule has 17 heavy (non-hydrogen) atoms. The van der Waals surface area contributed by atoms with E-state index in [0.717, 1.165) is 23.3 Å². The lowest BCUT2D eigenvalue weighted by Gasteiger charge is -2.10. The Balaban J connectivity index is 2.07. The summed E-state index contributed by atoms with van der Waals surface area (Å²) in [5.41, 5.74) is 9.09. The molecule has 3 rings (SSSR count). The molecule has 1 aliphatic rings. The second kappa shape index (κ2) is 4.18. The Morgan fingerprint density at radius 3 is 3.00 bits per heavy atom. The summed E-state index contributed by atoms with van der Waals surface area (Å²) < 4.78 is 5.89. The predicted molar refractivity (Wildman–Crippen MR) is 66.8 cm³/mol. The second-order valence-corrected chi connectivity index (χ2v) is 4.22. The van der Waals surface area contributed by atoms with E-state index in [1.807, 2.05) is 18.3 Å². The van der Waals surface area contributed by atoms with E-state index < -0.39 is 0 Å². The van der Waals surface area contributed by atoms with Crippen molar-refractivity contribution in [2.75, 3.05) is 6.54 Å². The number of aromatic nitrogens is 1. The maximum atomic E-state index is 5.89. The zero-order valence-corrected chi connectivity index (χ0v) is 9.47. The summed E-state index contributed by atoms with van der Waals surface area (Å²) in [6.07, 6.45) is 4.65. The standard InChI is InChI=1S/C14H14N2O/c15-8-12-7-10-3-1-5-13(14(10)17-12)11-4-2-6-16-9-11/h1-6,9,12H,7-8,15H2/t12-/m1/s1. The zero-order chi connectivity index (χ0) is 11.7. The van der Waals surface area contributed by atoms with Gasteiger partial charge < -0.3 is 10.5 Å². The van der Waals surface area contributed by atoms with Crippen molar-refractivity contribution in [2.45, 2.75) is 12.5 Å². The molecule has 0 spiro atoms. The van der Waals surface area contributed by atoms with Crippen LogP contribution >= 0.6 is 0 Å². The first kappa shape index (κ1) is 10.3. The van der Waals surface area contributed by atoms with Crippen LogP contribution in [0.15, 0.2) is 42.7 Å². The molecule has 0 fully saturated rings. The van der Waals surface area contributed by atoms with Crippen LogP contribution in [0.1, 0.15) is 5.56 Å². The molecule has 0 bridgehead atoms. The molecule has 0 saturated carbocycles. The van der Waals surface area contributed by atoms with Crippen LogP contribution in [0, 0.1) is 0 Å². The van der Waals surface area contributed by atoms with Crippen LogP contribution in [0.3, 0.4) is 0 Å². The molecule has 0 amide bonds. The Hall–Kier alpha value is -1.87. The minimum Gasteiger partial charge on any atom is -0.488 e. The molecule has 3 heteroatoms. The van der Waals surface area contributed by atoms with Crippen LogP contribution in [0.5, 0.6) is 5.75 Å². The maximum Gasteiger partial charge on any atom is 0.131 e.